The molecule has 1 aromatic carbocycles. The van der Waals surface area contributed by atoms with Crippen molar-refractivity contribution >= 4 is 41.3 Å². The van der Waals surface area contributed by atoms with E-state index in [1.54, 1.807) is 0 Å². The third kappa shape index (κ3) is 7.13. The van der Waals surface area contributed by atoms with Crippen LogP contribution >= 0.6 is 35.3 Å². The highest BCUT2D eigenvalue weighted by Gasteiger charge is 2.33. The summed E-state index contributed by atoms with van der Waals surface area (Å²) in [6.07, 6.45) is -1.80. The van der Waals surface area contributed by atoms with Crippen molar-refractivity contribution in [3.63, 3.8) is 0 Å². The third-order valence-corrected chi connectivity index (χ3v) is 5.63. The van der Waals surface area contributed by atoms with Gasteiger partial charge in [-0.2, -0.15) is 13.2 Å². The van der Waals surface area contributed by atoms with Crippen LogP contribution in [0.1, 0.15) is 29.6 Å². The van der Waals surface area contributed by atoms with Crippen LogP contribution in [-0.4, -0.2) is 42.0 Å². The van der Waals surface area contributed by atoms with Gasteiger partial charge in [-0.3, -0.25) is 4.99 Å². The molecule has 1 saturated heterocycles. The molecule has 9 heteroatoms. The van der Waals surface area contributed by atoms with Gasteiger partial charge in [0.05, 0.1) is 5.01 Å². The van der Waals surface area contributed by atoms with Crippen LogP contribution in [0, 0.1) is 5.92 Å². The van der Waals surface area contributed by atoms with E-state index in [4.69, 9.17) is 0 Å². The summed E-state index contributed by atoms with van der Waals surface area (Å²) in [7, 11) is 0. The Kier molecular flexibility index (Phi) is 9.19. The van der Waals surface area contributed by atoms with Crippen LogP contribution in [0.5, 0.6) is 0 Å². The Hall–Kier alpha value is -1.36. The van der Waals surface area contributed by atoms with Gasteiger partial charge in [-0.25, -0.2) is 4.98 Å². The number of likely N-dealkylation sites (tertiary alicyclic amines) is 1. The van der Waals surface area contributed by atoms with E-state index in [9.17, 15) is 13.2 Å². The van der Waals surface area contributed by atoms with Gasteiger partial charge in [-0.1, -0.05) is 30.3 Å². The van der Waals surface area contributed by atoms with Crippen molar-refractivity contribution in [2.75, 3.05) is 26.2 Å². The average molecular weight is 538 g/mol. The molecule has 160 valence electrons. The molecule has 1 atom stereocenters. The van der Waals surface area contributed by atoms with Gasteiger partial charge in [0.25, 0.3) is 0 Å². The van der Waals surface area contributed by atoms with Crippen molar-refractivity contribution < 1.29 is 13.2 Å². The van der Waals surface area contributed by atoms with E-state index in [0.29, 0.717) is 23.9 Å². The molecule has 4 nitrogen and oxygen atoms in total. The molecule has 3 rings (SSSR count). The van der Waals surface area contributed by atoms with Gasteiger partial charge < -0.3 is 10.2 Å². The van der Waals surface area contributed by atoms with Crippen LogP contribution in [0.3, 0.4) is 0 Å². The quantitative estimate of drug-likeness (QED) is 0.325. The topological polar surface area (TPSA) is 40.5 Å². The molecule has 0 amide bonds. The second kappa shape index (κ2) is 11.1. The highest BCUT2D eigenvalue weighted by Crippen LogP contribution is 2.30. The van der Waals surface area contributed by atoms with Crippen LogP contribution in [0.15, 0.2) is 40.7 Å². The zero-order valence-corrected chi connectivity index (χ0v) is 19.4. The Morgan fingerprint density at radius 3 is 2.72 bits per heavy atom. The highest BCUT2D eigenvalue weighted by atomic mass is 127. The fraction of sp³-hybridized carbons (Fsp3) is 0.500. The molecule has 0 radical (unpaired) electrons. The number of hydrogen-bond donors (Lipinski definition) is 1. The minimum Gasteiger partial charge on any atom is -0.357 e. The predicted octanol–water partition coefficient (Wildman–Crippen LogP) is 4.85. The van der Waals surface area contributed by atoms with Crippen molar-refractivity contribution in [1.29, 1.82) is 0 Å². The molecule has 0 bridgehead atoms. The number of hydrogen-bond acceptors (Lipinski definition) is 3. The molecular weight excluding hydrogens is 512 g/mol. The van der Waals surface area contributed by atoms with E-state index < -0.39 is 11.9 Å². The third-order valence-electron chi connectivity index (χ3n) is 4.72. The molecule has 1 unspecified atom stereocenters. The maximum atomic E-state index is 12.6. The van der Waals surface area contributed by atoms with Gasteiger partial charge in [0.15, 0.2) is 11.7 Å². The Balaban J connectivity index is 0.00000300. The van der Waals surface area contributed by atoms with Gasteiger partial charge >= 0.3 is 6.18 Å². The Morgan fingerprint density at radius 2 is 2.07 bits per heavy atom. The summed E-state index contributed by atoms with van der Waals surface area (Å²) in [5.74, 6) is 1.42. The molecule has 0 aliphatic carbocycles. The zero-order chi connectivity index (χ0) is 20.0. The fourth-order valence-corrected chi connectivity index (χ4v) is 4.17. The lowest BCUT2D eigenvalue weighted by Gasteiger charge is -2.21. The van der Waals surface area contributed by atoms with Crippen molar-refractivity contribution in [3.05, 3.63) is 52.0 Å². The SMILES string of the molecule is CCNC(=NCCc1nc(C(F)(F)F)cs1)N1CCC(Cc2ccccc2)C1.I. The molecular formula is C20H26F3IN4S. The summed E-state index contributed by atoms with van der Waals surface area (Å²) in [6, 6.07) is 10.5. The van der Waals surface area contributed by atoms with Gasteiger partial charge in [0, 0.05) is 38.0 Å². The molecule has 0 spiro atoms. The fourth-order valence-electron chi connectivity index (χ4n) is 3.38. The average Bonchev–Trinajstić information content (AvgIpc) is 3.31. The largest absolute Gasteiger partial charge is 0.434 e. The number of halogens is 4. The number of alkyl halides is 3. The maximum absolute atomic E-state index is 12.6. The van der Waals surface area contributed by atoms with Crippen molar-refractivity contribution in [2.45, 2.75) is 32.4 Å². The summed E-state index contributed by atoms with van der Waals surface area (Å²) >= 11 is 1.04. The lowest BCUT2D eigenvalue weighted by atomic mass is 9.99. The lowest BCUT2D eigenvalue weighted by molar-refractivity contribution is -0.140. The molecule has 2 heterocycles. The lowest BCUT2D eigenvalue weighted by Crippen LogP contribution is -2.40. The van der Waals surface area contributed by atoms with Crippen LogP contribution in [0.4, 0.5) is 13.2 Å². The van der Waals surface area contributed by atoms with Crippen LogP contribution in [0.25, 0.3) is 0 Å². The van der Waals surface area contributed by atoms with Crippen molar-refractivity contribution in [2.24, 2.45) is 10.9 Å². The number of nitrogens with one attached hydrogen (secondary N) is 1. The Labute approximate surface area is 190 Å². The first kappa shape index (κ1) is 23.9. The van der Waals surface area contributed by atoms with Crippen LogP contribution < -0.4 is 5.32 Å². The number of aliphatic imine (C=N–C) groups is 1. The Morgan fingerprint density at radius 1 is 1.31 bits per heavy atom. The van der Waals surface area contributed by atoms with Gasteiger partial charge in [0.2, 0.25) is 0 Å². The van der Waals surface area contributed by atoms with E-state index in [-0.39, 0.29) is 24.0 Å². The van der Waals surface area contributed by atoms with E-state index in [1.807, 2.05) is 13.0 Å². The first-order valence-electron chi connectivity index (χ1n) is 9.54. The minimum atomic E-state index is -4.38. The molecule has 0 saturated carbocycles. The van der Waals surface area contributed by atoms with E-state index in [2.05, 4.69) is 44.5 Å². The van der Waals surface area contributed by atoms with Crippen molar-refractivity contribution in [3.8, 4) is 0 Å². The van der Waals surface area contributed by atoms with Crippen molar-refractivity contribution in [1.82, 2.24) is 15.2 Å². The molecule has 29 heavy (non-hydrogen) atoms. The number of rotatable bonds is 6. The normalized spacial score (nSPS) is 17.3. The number of aromatic nitrogens is 1. The smallest absolute Gasteiger partial charge is 0.357 e. The number of benzene rings is 1. The summed E-state index contributed by atoms with van der Waals surface area (Å²) < 4.78 is 37.9. The molecule has 1 aliphatic heterocycles. The summed E-state index contributed by atoms with van der Waals surface area (Å²) in [6.45, 7) is 5.08. The molecule has 1 aliphatic rings. The summed E-state index contributed by atoms with van der Waals surface area (Å²) in [5, 5.41) is 4.84. The second-order valence-electron chi connectivity index (χ2n) is 6.90. The number of guanidine groups is 1. The van der Waals surface area contributed by atoms with Crippen LogP contribution in [0.2, 0.25) is 0 Å². The summed E-state index contributed by atoms with van der Waals surface area (Å²) in [5.41, 5.74) is 0.534. The number of thiazole rings is 1. The van der Waals surface area contributed by atoms with Gasteiger partial charge in [0.1, 0.15) is 0 Å². The molecule has 1 fully saturated rings. The first-order chi connectivity index (χ1) is 13.5. The minimum absolute atomic E-state index is 0. The predicted molar refractivity (Wildman–Crippen MR) is 122 cm³/mol. The highest BCUT2D eigenvalue weighted by molar-refractivity contribution is 14.0. The van der Waals surface area contributed by atoms with Crippen LogP contribution in [-0.2, 0) is 19.0 Å². The standard InChI is InChI=1S/C20H25F3N4S.HI/c1-2-24-19(25-10-8-18-26-17(14-28-18)20(21,22)23)27-11-9-16(13-27)12-15-6-4-3-5-7-15;/h3-7,14,16H,2,8-13H2,1H3,(H,24,25);1H. The van der Waals surface area contributed by atoms with E-state index in [0.717, 1.165) is 55.2 Å². The van der Waals surface area contributed by atoms with Gasteiger partial charge in [-0.05, 0) is 31.2 Å². The number of nitrogens with zero attached hydrogens (tertiary/aromatic N) is 3. The summed E-state index contributed by atoms with van der Waals surface area (Å²) in [4.78, 5) is 10.5. The molecule has 1 N–H and O–H groups in total. The van der Waals surface area contributed by atoms with Gasteiger partial charge in [-0.15, -0.1) is 35.3 Å². The first-order valence-corrected chi connectivity index (χ1v) is 10.4. The van der Waals surface area contributed by atoms with E-state index in [1.165, 1.54) is 5.56 Å². The van der Waals surface area contributed by atoms with E-state index >= 15 is 0 Å². The Bertz CT molecular complexity index is 780. The molecule has 1 aromatic heterocycles. The zero-order valence-electron chi connectivity index (χ0n) is 16.3. The molecule has 2 aromatic rings. The maximum Gasteiger partial charge on any atom is 0.434 e. The monoisotopic (exact) mass is 538 g/mol. The second-order valence-corrected chi connectivity index (χ2v) is 7.84.